The topological polar surface area (TPSA) is 78.3 Å². The lowest BCUT2D eigenvalue weighted by molar-refractivity contribution is 0.398. The smallest absolute Gasteiger partial charge is 0.257 e. The van der Waals surface area contributed by atoms with E-state index in [9.17, 15) is 0 Å². The zero-order valence-corrected chi connectivity index (χ0v) is 6.43. The second-order valence-electron chi connectivity index (χ2n) is 2.20. The molecule has 6 heteroatoms. The normalized spacial score (nSPS) is 10.4. The Bertz CT molecular complexity index is 409. The van der Waals surface area contributed by atoms with Gasteiger partial charge in [-0.3, -0.25) is 0 Å². The molecule has 0 aromatic carbocycles. The van der Waals surface area contributed by atoms with Crippen molar-refractivity contribution in [3.63, 3.8) is 0 Å². The van der Waals surface area contributed by atoms with Gasteiger partial charge in [0.05, 0.1) is 7.11 Å². The molecule has 2 aromatic rings. The number of anilines is 1. The summed E-state index contributed by atoms with van der Waals surface area (Å²) in [6.45, 7) is 0. The van der Waals surface area contributed by atoms with Crippen molar-refractivity contribution in [1.82, 2.24) is 19.6 Å². The Hall–Kier alpha value is -1.85. The molecule has 0 atom stereocenters. The van der Waals surface area contributed by atoms with Gasteiger partial charge in [-0.2, -0.15) is 19.6 Å². The van der Waals surface area contributed by atoms with Gasteiger partial charge in [-0.1, -0.05) is 0 Å². The van der Waals surface area contributed by atoms with Crippen LogP contribution in [0.5, 0.6) is 5.88 Å². The second-order valence-corrected chi connectivity index (χ2v) is 2.20. The molecule has 0 unspecified atom stereocenters. The van der Waals surface area contributed by atoms with Gasteiger partial charge in [-0.25, -0.2) is 0 Å². The molecule has 62 valence electrons. The highest BCUT2D eigenvalue weighted by atomic mass is 16.5. The fourth-order valence-corrected chi connectivity index (χ4v) is 0.917. The van der Waals surface area contributed by atoms with Crippen molar-refractivity contribution in [2.45, 2.75) is 0 Å². The lowest BCUT2D eigenvalue weighted by atomic mass is 10.6. The van der Waals surface area contributed by atoms with Crippen LogP contribution in [0.1, 0.15) is 0 Å². The van der Waals surface area contributed by atoms with Gasteiger partial charge in [0.25, 0.3) is 5.78 Å². The van der Waals surface area contributed by atoms with E-state index in [4.69, 9.17) is 10.5 Å². The predicted molar refractivity (Wildman–Crippen MR) is 41.7 cm³/mol. The van der Waals surface area contributed by atoms with Gasteiger partial charge in [0, 0.05) is 6.07 Å². The summed E-state index contributed by atoms with van der Waals surface area (Å²) < 4.78 is 6.33. The summed E-state index contributed by atoms with van der Waals surface area (Å²) >= 11 is 0. The number of ether oxygens (including phenoxy) is 1. The van der Waals surface area contributed by atoms with Gasteiger partial charge < -0.3 is 10.5 Å². The van der Waals surface area contributed by atoms with Crippen LogP contribution >= 0.6 is 0 Å². The van der Waals surface area contributed by atoms with Crippen molar-refractivity contribution in [1.29, 1.82) is 0 Å². The summed E-state index contributed by atoms with van der Waals surface area (Å²) in [5, 5.41) is 3.86. The maximum Gasteiger partial charge on any atom is 0.257 e. The lowest BCUT2D eigenvalue weighted by Gasteiger charge is -2.00. The molecule has 0 aliphatic rings. The van der Waals surface area contributed by atoms with Crippen LogP contribution in [0.4, 0.5) is 5.82 Å². The summed E-state index contributed by atoms with van der Waals surface area (Å²) in [6, 6.07) is 1.58. The lowest BCUT2D eigenvalue weighted by Crippen LogP contribution is -2.01. The minimum absolute atomic E-state index is 0.437. The van der Waals surface area contributed by atoms with E-state index in [1.165, 1.54) is 18.0 Å². The SMILES string of the molecule is COc1cc(N)n2ncnc2n1. The number of rotatable bonds is 1. The summed E-state index contributed by atoms with van der Waals surface area (Å²) in [5.41, 5.74) is 5.62. The maximum atomic E-state index is 5.62. The van der Waals surface area contributed by atoms with Gasteiger partial charge in [0.1, 0.15) is 12.1 Å². The van der Waals surface area contributed by atoms with Crippen LogP contribution in [0.15, 0.2) is 12.4 Å². The number of methoxy groups -OCH3 is 1. The molecule has 2 aromatic heterocycles. The van der Waals surface area contributed by atoms with E-state index in [-0.39, 0.29) is 0 Å². The largest absolute Gasteiger partial charge is 0.481 e. The van der Waals surface area contributed by atoms with Crippen LogP contribution < -0.4 is 10.5 Å². The van der Waals surface area contributed by atoms with Gasteiger partial charge in [0.15, 0.2) is 0 Å². The minimum atomic E-state index is 0.437. The summed E-state index contributed by atoms with van der Waals surface area (Å²) in [7, 11) is 1.52. The fourth-order valence-electron chi connectivity index (χ4n) is 0.917. The zero-order valence-electron chi connectivity index (χ0n) is 6.43. The molecular weight excluding hydrogens is 158 g/mol. The molecule has 2 N–H and O–H groups in total. The molecule has 0 fully saturated rings. The van der Waals surface area contributed by atoms with Crippen LogP contribution in [-0.2, 0) is 0 Å². The Balaban J connectivity index is 2.75. The number of nitrogen functional groups attached to an aromatic ring is 1. The number of nitrogens with two attached hydrogens (primary N) is 1. The number of hydrogen-bond acceptors (Lipinski definition) is 5. The second kappa shape index (κ2) is 2.33. The summed E-state index contributed by atoms with van der Waals surface area (Å²) in [6.07, 6.45) is 1.39. The van der Waals surface area contributed by atoms with E-state index in [0.29, 0.717) is 17.5 Å². The van der Waals surface area contributed by atoms with Crippen molar-refractivity contribution in [2.24, 2.45) is 0 Å². The number of hydrogen-bond donors (Lipinski definition) is 1. The summed E-state index contributed by atoms with van der Waals surface area (Å²) in [4.78, 5) is 7.87. The molecular formula is C6H7N5O. The van der Waals surface area contributed by atoms with Crippen molar-refractivity contribution < 1.29 is 4.74 Å². The highest BCUT2D eigenvalue weighted by Crippen LogP contribution is 2.11. The van der Waals surface area contributed by atoms with Crippen molar-refractivity contribution >= 4 is 11.6 Å². The molecule has 0 amide bonds. The predicted octanol–water partition coefficient (Wildman–Crippen LogP) is -0.285. The van der Waals surface area contributed by atoms with Gasteiger partial charge in [-0.15, -0.1) is 0 Å². The monoisotopic (exact) mass is 165 g/mol. The number of aromatic nitrogens is 4. The first-order valence-corrected chi connectivity index (χ1v) is 3.31. The van der Waals surface area contributed by atoms with E-state index in [2.05, 4.69) is 15.1 Å². The molecule has 0 aliphatic heterocycles. The quantitative estimate of drug-likeness (QED) is 0.628. The molecule has 2 heterocycles. The maximum absolute atomic E-state index is 5.62. The Labute approximate surface area is 68.0 Å². The molecule has 0 spiro atoms. The molecule has 0 bridgehead atoms. The van der Waals surface area contributed by atoms with Crippen molar-refractivity contribution in [3.05, 3.63) is 12.4 Å². The van der Waals surface area contributed by atoms with Crippen LogP contribution in [0.3, 0.4) is 0 Å². The fraction of sp³-hybridized carbons (Fsp3) is 0.167. The van der Waals surface area contributed by atoms with Gasteiger partial charge in [-0.05, 0) is 0 Å². The van der Waals surface area contributed by atoms with Crippen LogP contribution in [-0.4, -0.2) is 26.7 Å². The van der Waals surface area contributed by atoms with E-state index < -0.39 is 0 Å². The molecule has 0 saturated carbocycles. The van der Waals surface area contributed by atoms with E-state index in [0.717, 1.165) is 0 Å². The zero-order chi connectivity index (χ0) is 8.55. The molecule has 0 radical (unpaired) electrons. The first-order chi connectivity index (χ1) is 5.81. The van der Waals surface area contributed by atoms with Crippen LogP contribution in [0.2, 0.25) is 0 Å². The Morgan fingerprint density at radius 1 is 1.58 bits per heavy atom. The molecule has 6 nitrogen and oxygen atoms in total. The third-order valence-corrected chi connectivity index (χ3v) is 1.47. The van der Waals surface area contributed by atoms with E-state index in [1.54, 1.807) is 6.07 Å². The third-order valence-electron chi connectivity index (χ3n) is 1.47. The average molecular weight is 165 g/mol. The van der Waals surface area contributed by atoms with Crippen LogP contribution in [0.25, 0.3) is 5.78 Å². The average Bonchev–Trinajstić information content (AvgIpc) is 2.52. The molecule has 12 heavy (non-hydrogen) atoms. The van der Waals surface area contributed by atoms with E-state index >= 15 is 0 Å². The Morgan fingerprint density at radius 3 is 3.17 bits per heavy atom. The minimum Gasteiger partial charge on any atom is -0.481 e. The first kappa shape index (κ1) is 6.84. The van der Waals surface area contributed by atoms with Crippen molar-refractivity contribution in [3.8, 4) is 5.88 Å². The third kappa shape index (κ3) is 0.849. The van der Waals surface area contributed by atoms with Crippen LogP contribution in [0, 0.1) is 0 Å². The highest BCUT2D eigenvalue weighted by Gasteiger charge is 2.03. The Kier molecular flexibility index (Phi) is 1.33. The van der Waals surface area contributed by atoms with Crippen molar-refractivity contribution in [2.75, 3.05) is 12.8 Å². The van der Waals surface area contributed by atoms with Gasteiger partial charge in [0.2, 0.25) is 5.88 Å². The van der Waals surface area contributed by atoms with E-state index in [1.807, 2.05) is 0 Å². The molecule has 2 rings (SSSR count). The standard InChI is InChI=1S/C6H7N5O/c1-12-5-2-4(7)11-6(10-5)8-3-9-11/h2-3H,7H2,1H3. The molecule has 0 aliphatic carbocycles. The molecule has 0 saturated heterocycles. The van der Waals surface area contributed by atoms with Gasteiger partial charge >= 0.3 is 0 Å². The number of nitrogens with zero attached hydrogens (tertiary/aromatic N) is 4. The number of fused-ring (bicyclic) bond motifs is 1. The first-order valence-electron chi connectivity index (χ1n) is 3.31. The highest BCUT2D eigenvalue weighted by molar-refractivity contribution is 5.43. The summed E-state index contributed by atoms with van der Waals surface area (Å²) in [5.74, 6) is 1.33. The Morgan fingerprint density at radius 2 is 2.42 bits per heavy atom.